The van der Waals surface area contributed by atoms with Gasteiger partial charge in [0, 0.05) is 42.2 Å². The summed E-state index contributed by atoms with van der Waals surface area (Å²) in [5.74, 6) is 0.698. The normalized spacial score (nSPS) is 15.8. The third kappa shape index (κ3) is 10.4. The van der Waals surface area contributed by atoms with Crippen LogP contribution in [0.4, 0.5) is 26.3 Å². The lowest BCUT2D eigenvalue weighted by Gasteiger charge is -2.27. The van der Waals surface area contributed by atoms with Crippen molar-refractivity contribution in [2.75, 3.05) is 46.4 Å². The number of methoxy groups -OCH3 is 1. The molecule has 324 valence electrons. The van der Waals surface area contributed by atoms with Gasteiger partial charge in [0.15, 0.2) is 0 Å². The first-order valence-electron chi connectivity index (χ1n) is 20.7. The number of halogens is 6. The third-order valence-electron chi connectivity index (χ3n) is 11.6. The molecule has 0 bridgehead atoms. The Balaban J connectivity index is 0.000000187. The maximum Gasteiger partial charge on any atom is 0.416 e. The van der Waals surface area contributed by atoms with Crippen molar-refractivity contribution in [3.63, 3.8) is 0 Å². The number of aromatic nitrogens is 2. The molecule has 0 N–H and O–H groups in total. The molecular weight excluding hydrogens is 807 g/mol. The summed E-state index contributed by atoms with van der Waals surface area (Å²) in [5.41, 5.74) is 1.72. The van der Waals surface area contributed by atoms with Crippen molar-refractivity contribution in [3.8, 4) is 28.0 Å². The standard InChI is InChI=1S/C25H25F3N2O2.C24H23F3N2O/c1-32-23-9-3-2-7-21(23)22(17-29-14-4-5-15-29)30-16-6-8-20(24(30)31)18-10-12-19(13-11-18)25(26,27)28;25-24(26,27)20-12-10-18(11-13-20)21-9-6-16-29(23(21)30)22(17-28-14-4-5-15-28)19-7-2-1-3-8-19/h2-3,6-13,16,22H,4-5,14-15,17H2,1H3;1-3,6-13,16,22H,4-5,14-15,17H2. The Kier molecular flexibility index (Phi) is 13.8. The molecule has 2 unspecified atom stereocenters. The van der Waals surface area contributed by atoms with E-state index in [-0.39, 0.29) is 23.2 Å². The number of rotatable bonds is 11. The molecule has 0 radical (unpaired) electrons. The van der Waals surface area contributed by atoms with Gasteiger partial charge in [-0.1, -0.05) is 72.8 Å². The van der Waals surface area contributed by atoms with E-state index in [1.807, 2.05) is 54.6 Å². The maximum absolute atomic E-state index is 13.5. The maximum atomic E-state index is 13.5. The largest absolute Gasteiger partial charge is 0.496 e. The van der Waals surface area contributed by atoms with E-state index in [1.54, 1.807) is 52.9 Å². The lowest BCUT2D eigenvalue weighted by molar-refractivity contribution is -0.138. The summed E-state index contributed by atoms with van der Waals surface area (Å²) >= 11 is 0. The fourth-order valence-corrected chi connectivity index (χ4v) is 8.35. The van der Waals surface area contributed by atoms with Crippen molar-refractivity contribution in [1.82, 2.24) is 18.9 Å². The van der Waals surface area contributed by atoms with Crippen LogP contribution in [0, 0.1) is 0 Å². The number of likely N-dealkylation sites (tertiary alicyclic amines) is 2. The lowest BCUT2D eigenvalue weighted by atomic mass is 10.0. The smallest absolute Gasteiger partial charge is 0.416 e. The van der Waals surface area contributed by atoms with Gasteiger partial charge >= 0.3 is 12.4 Å². The Morgan fingerprint density at radius 3 is 1.39 bits per heavy atom. The summed E-state index contributed by atoms with van der Waals surface area (Å²) in [4.78, 5) is 31.6. The molecule has 2 aliphatic rings. The topological polar surface area (TPSA) is 59.7 Å². The second-order valence-corrected chi connectivity index (χ2v) is 15.6. The van der Waals surface area contributed by atoms with Gasteiger partial charge in [0.25, 0.3) is 11.1 Å². The van der Waals surface area contributed by atoms with E-state index >= 15 is 0 Å². The average molecular weight is 855 g/mol. The summed E-state index contributed by atoms with van der Waals surface area (Å²) in [6, 6.07) is 33.4. The first kappa shape index (κ1) is 44.1. The van der Waals surface area contributed by atoms with Crippen molar-refractivity contribution in [2.24, 2.45) is 0 Å². The number of hydrogen-bond donors (Lipinski definition) is 0. The molecule has 0 aliphatic carbocycles. The zero-order valence-corrected chi connectivity index (χ0v) is 34.3. The SMILES string of the molecule is COc1ccccc1C(CN1CCCC1)n1cccc(-c2ccc(C(F)(F)F)cc2)c1=O.O=c1c(-c2ccc(C(F)(F)F)cc2)cccn1C(CN1CCCC1)c1ccccc1. The molecular formula is C49H48F6N4O3. The Bertz CT molecular complexity index is 2510. The lowest BCUT2D eigenvalue weighted by Crippen LogP contribution is -2.35. The van der Waals surface area contributed by atoms with Gasteiger partial charge in [-0.2, -0.15) is 26.3 Å². The fourth-order valence-electron chi connectivity index (χ4n) is 8.35. The molecule has 8 rings (SSSR count). The van der Waals surface area contributed by atoms with Crippen LogP contribution in [0.5, 0.6) is 5.75 Å². The molecule has 0 amide bonds. The zero-order valence-electron chi connectivity index (χ0n) is 34.3. The molecule has 2 aliphatic heterocycles. The van der Waals surface area contributed by atoms with E-state index in [0.29, 0.717) is 34.5 Å². The van der Waals surface area contributed by atoms with Gasteiger partial charge in [-0.3, -0.25) is 9.59 Å². The number of hydrogen-bond acceptors (Lipinski definition) is 5. The van der Waals surface area contributed by atoms with Gasteiger partial charge in [-0.15, -0.1) is 0 Å². The van der Waals surface area contributed by atoms with Crippen LogP contribution in [0.15, 0.2) is 149 Å². The molecule has 0 spiro atoms. The van der Waals surface area contributed by atoms with Crippen molar-refractivity contribution < 1.29 is 31.1 Å². The quantitative estimate of drug-likeness (QED) is 0.122. The predicted octanol–water partition coefficient (Wildman–Crippen LogP) is 10.4. The average Bonchev–Trinajstić information content (AvgIpc) is 4.01. The molecule has 7 nitrogen and oxygen atoms in total. The highest BCUT2D eigenvalue weighted by Gasteiger charge is 2.32. The minimum absolute atomic E-state index is 0.161. The Hall–Kier alpha value is -5.92. The summed E-state index contributed by atoms with van der Waals surface area (Å²) < 4.78 is 86.4. The number of benzene rings is 4. The van der Waals surface area contributed by atoms with Crippen LogP contribution in [-0.4, -0.2) is 65.3 Å². The van der Waals surface area contributed by atoms with Crippen molar-refractivity contribution >= 4 is 0 Å². The Labute approximate surface area is 356 Å². The van der Waals surface area contributed by atoms with E-state index < -0.39 is 23.5 Å². The van der Waals surface area contributed by atoms with Crippen LogP contribution in [0.3, 0.4) is 0 Å². The Morgan fingerprint density at radius 2 is 0.935 bits per heavy atom. The van der Waals surface area contributed by atoms with Crippen molar-refractivity contribution in [3.05, 3.63) is 183 Å². The molecule has 0 saturated carbocycles. The van der Waals surface area contributed by atoms with Crippen molar-refractivity contribution in [2.45, 2.75) is 50.1 Å². The van der Waals surface area contributed by atoms with Crippen molar-refractivity contribution in [1.29, 1.82) is 0 Å². The number of ether oxygens (including phenoxy) is 1. The van der Waals surface area contributed by atoms with Crippen LogP contribution in [0.1, 0.15) is 60.0 Å². The fraction of sp³-hybridized carbons (Fsp3) is 0.306. The second kappa shape index (κ2) is 19.4. The molecule has 62 heavy (non-hydrogen) atoms. The molecule has 4 heterocycles. The summed E-state index contributed by atoms with van der Waals surface area (Å²) in [5, 5.41) is 0. The van der Waals surface area contributed by atoms with E-state index in [4.69, 9.17) is 4.74 Å². The molecule has 2 aromatic heterocycles. The summed E-state index contributed by atoms with van der Waals surface area (Å²) in [7, 11) is 1.60. The van der Waals surface area contributed by atoms with E-state index in [1.165, 1.54) is 24.3 Å². The second-order valence-electron chi connectivity index (χ2n) is 15.6. The van der Waals surface area contributed by atoms with E-state index in [0.717, 1.165) is 93.8 Å². The van der Waals surface area contributed by atoms with Gasteiger partial charge in [0.2, 0.25) is 0 Å². The highest BCUT2D eigenvalue weighted by molar-refractivity contribution is 5.64. The molecule has 6 aromatic rings. The highest BCUT2D eigenvalue weighted by atomic mass is 19.4. The number of pyridine rings is 2. The van der Waals surface area contributed by atoms with Gasteiger partial charge in [0.05, 0.1) is 30.3 Å². The minimum atomic E-state index is -4.42. The first-order chi connectivity index (χ1) is 29.8. The number of para-hydroxylation sites is 1. The van der Waals surface area contributed by atoms with Gasteiger partial charge in [-0.05, 0) is 123 Å². The van der Waals surface area contributed by atoms with Crippen LogP contribution < -0.4 is 15.9 Å². The minimum Gasteiger partial charge on any atom is -0.496 e. The molecule has 2 saturated heterocycles. The molecule has 2 atom stereocenters. The van der Waals surface area contributed by atoms with Gasteiger partial charge < -0.3 is 23.7 Å². The first-order valence-corrected chi connectivity index (χ1v) is 20.7. The zero-order chi connectivity index (χ0) is 43.9. The summed E-state index contributed by atoms with van der Waals surface area (Å²) in [6.45, 7) is 5.34. The van der Waals surface area contributed by atoms with Gasteiger partial charge in [-0.25, -0.2) is 0 Å². The van der Waals surface area contributed by atoms with E-state index in [2.05, 4.69) is 9.80 Å². The molecule has 2 fully saturated rings. The number of nitrogens with zero attached hydrogens (tertiary/aromatic N) is 4. The van der Waals surface area contributed by atoms with Crippen LogP contribution in [0.2, 0.25) is 0 Å². The highest BCUT2D eigenvalue weighted by Crippen LogP contribution is 2.33. The van der Waals surface area contributed by atoms with Crippen LogP contribution in [-0.2, 0) is 12.4 Å². The third-order valence-corrected chi connectivity index (χ3v) is 11.6. The Morgan fingerprint density at radius 1 is 0.516 bits per heavy atom. The molecule has 4 aromatic carbocycles. The monoisotopic (exact) mass is 854 g/mol. The number of alkyl halides is 6. The molecule has 13 heteroatoms. The van der Waals surface area contributed by atoms with Crippen LogP contribution >= 0.6 is 0 Å². The summed E-state index contributed by atoms with van der Waals surface area (Å²) in [6.07, 6.45) is -0.751. The van der Waals surface area contributed by atoms with Gasteiger partial charge in [0.1, 0.15) is 5.75 Å². The predicted molar refractivity (Wildman–Crippen MR) is 229 cm³/mol. The van der Waals surface area contributed by atoms with Crippen LogP contribution in [0.25, 0.3) is 22.3 Å². The van der Waals surface area contributed by atoms with E-state index in [9.17, 15) is 35.9 Å².